The molecule has 0 heterocycles. The minimum atomic E-state index is -5.19. The summed E-state index contributed by atoms with van der Waals surface area (Å²) >= 11 is 0. The van der Waals surface area contributed by atoms with E-state index in [9.17, 15) is 32.0 Å². The second-order valence-electron chi connectivity index (χ2n) is 9.59. The van der Waals surface area contributed by atoms with Gasteiger partial charge in [-0.25, -0.2) is 8.88 Å². The number of amides is 1. The highest BCUT2D eigenvalue weighted by Gasteiger charge is 2.35. The molecule has 12 nitrogen and oxygen atoms in total. The van der Waals surface area contributed by atoms with E-state index in [0.717, 1.165) is 6.42 Å². The predicted octanol–water partition coefficient (Wildman–Crippen LogP) is 3.23. The normalized spacial score (nSPS) is 16.4. The molecule has 0 aromatic rings. The highest BCUT2D eigenvalue weighted by molar-refractivity contribution is 7.85. The molecule has 3 unspecified atom stereocenters. The Morgan fingerprint density at radius 2 is 1.54 bits per heavy atom. The van der Waals surface area contributed by atoms with Gasteiger partial charge in [-0.2, -0.15) is 8.42 Å². The third kappa shape index (κ3) is 15.3. The van der Waals surface area contributed by atoms with Crippen LogP contribution in [0, 0.1) is 17.3 Å². The average molecular weight is 566 g/mol. The highest BCUT2D eigenvalue weighted by atomic mass is 32.2. The van der Waals surface area contributed by atoms with Crippen molar-refractivity contribution in [3.63, 3.8) is 0 Å². The van der Waals surface area contributed by atoms with Crippen molar-refractivity contribution >= 4 is 37.2 Å². The maximum absolute atomic E-state index is 13.3. The van der Waals surface area contributed by atoms with Crippen molar-refractivity contribution in [1.29, 1.82) is 0 Å². The zero-order chi connectivity index (χ0) is 27.7. The minimum absolute atomic E-state index is 0.0944. The van der Waals surface area contributed by atoms with Crippen LogP contribution < -0.4 is 0 Å². The third-order valence-corrected chi connectivity index (χ3v) is 9.35. The summed E-state index contributed by atoms with van der Waals surface area (Å²) in [7, 11) is -14.1. The Labute approximate surface area is 208 Å². The van der Waals surface area contributed by atoms with Crippen molar-refractivity contribution in [2.45, 2.75) is 73.1 Å². The van der Waals surface area contributed by atoms with E-state index >= 15 is 0 Å². The smallest absolute Gasteiger partial charge is 0.342 e. The van der Waals surface area contributed by atoms with Gasteiger partial charge >= 0.3 is 15.4 Å². The maximum Gasteiger partial charge on any atom is 0.476 e. The Hall–Kier alpha value is -0.650. The van der Waals surface area contributed by atoms with Crippen molar-refractivity contribution in [3.05, 3.63) is 0 Å². The molecule has 0 aliphatic carbocycles. The van der Waals surface area contributed by atoms with Crippen molar-refractivity contribution < 1.29 is 50.7 Å². The van der Waals surface area contributed by atoms with Crippen LogP contribution in [0.15, 0.2) is 0 Å². The summed E-state index contributed by atoms with van der Waals surface area (Å²) in [5.74, 6) is -2.25. The molecule has 208 valence electrons. The van der Waals surface area contributed by atoms with Gasteiger partial charge in [0.25, 0.3) is 10.1 Å². The van der Waals surface area contributed by atoms with E-state index in [0.29, 0.717) is 19.3 Å². The van der Waals surface area contributed by atoms with Gasteiger partial charge in [0.2, 0.25) is 5.91 Å². The summed E-state index contributed by atoms with van der Waals surface area (Å²) < 4.78 is 58.6. The molecule has 0 radical (unpaired) electrons. The van der Waals surface area contributed by atoms with E-state index < -0.39 is 54.7 Å². The first-order valence-corrected chi connectivity index (χ1v) is 16.5. The lowest BCUT2D eigenvalue weighted by Gasteiger charge is -2.30. The topological polar surface area (TPSA) is 196 Å². The molecule has 0 aliphatic rings. The monoisotopic (exact) mass is 565 g/mol. The second-order valence-corrected chi connectivity index (χ2v) is 14.4. The Kier molecular flexibility index (Phi) is 14.1. The number of hydrogen-bond donors (Lipinski definition) is 4. The first-order valence-electron chi connectivity index (χ1n) is 11.6. The first kappa shape index (κ1) is 34.4. The Bertz CT molecular complexity index is 901. The van der Waals surface area contributed by atoms with E-state index in [-0.39, 0.29) is 37.6 Å². The van der Waals surface area contributed by atoms with E-state index in [2.05, 4.69) is 4.31 Å². The maximum atomic E-state index is 13.3. The number of hydrogen-bond acceptors (Lipinski definition) is 7. The van der Waals surface area contributed by atoms with Gasteiger partial charge in [0, 0.05) is 31.3 Å². The minimum Gasteiger partial charge on any atom is -0.342 e. The van der Waals surface area contributed by atoms with Gasteiger partial charge in [0.15, 0.2) is 0 Å². The van der Waals surface area contributed by atoms with Crippen LogP contribution in [0.3, 0.4) is 0 Å². The van der Waals surface area contributed by atoms with Gasteiger partial charge in [-0.1, -0.05) is 41.0 Å². The Morgan fingerprint density at radius 1 is 1.00 bits per heavy atom. The number of Topliss-reactive ketones (excluding diaryl/α,β-unsaturated/α-hetero) is 1. The predicted molar refractivity (Wildman–Crippen MR) is 131 cm³/mol. The molecular formula is C20H41NO11P2S. The van der Waals surface area contributed by atoms with Gasteiger partial charge in [-0.15, -0.1) is 0 Å². The van der Waals surface area contributed by atoms with E-state index in [4.69, 9.17) is 14.3 Å². The highest BCUT2D eigenvalue weighted by Crippen LogP contribution is 2.56. The van der Waals surface area contributed by atoms with Gasteiger partial charge in [-0.05, 0) is 31.1 Å². The standard InChI is InChI=1S/C20H41NO11P2S/c1-6-9-10-21(11-12-33(24,25)32-34(26,27)28)19(23)17(8-3)13-16(7-2)18(22)14-20(4,5)15-35(29,30)31/h16-17H,6-15H2,1-5H3,(H,24,25)(H2,26,27,28)(H,29,30,31). The number of rotatable bonds is 18. The summed E-state index contributed by atoms with van der Waals surface area (Å²) in [5.41, 5.74) is -0.988. The van der Waals surface area contributed by atoms with Gasteiger partial charge in [-0.3, -0.25) is 18.7 Å². The number of phosphoric acid groups is 1. The van der Waals surface area contributed by atoms with Crippen molar-refractivity contribution in [2.24, 2.45) is 17.3 Å². The van der Waals surface area contributed by atoms with Crippen LogP contribution in [-0.2, 0) is 33.1 Å². The molecule has 0 spiro atoms. The second kappa shape index (κ2) is 14.3. The quantitative estimate of drug-likeness (QED) is 0.141. The molecule has 15 heteroatoms. The molecule has 0 rings (SSSR count). The van der Waals surface area contributed by atoms with Crippen LogP contribution in [0.25, 0.3) is 0 Å². The fraction of sp³-hybridized carbons (Fsp3) is 0.900. The SMILES string of the molecule is CCCCN(CCP(=O)(O)OP(=O)(O)O)C(=O)C(CC)CC(CC)C(=O)CC(C)(C)CS(=O)(=O)O. The van der Waals surface area contributed by atoms with Crippen LogP contribution in [-0.4, -0.2) is 69.2 Å². The lowest BCUT2D eigenvalue weighted by Crippen LogP contribution is -2.40. The van der Waals surface area contributed by atoms with Crippen LogP contribution >= 0.6 is 15.4 Å². The van der Waals surface area contributed by atoms with Crippen molar-refractivity contribution in [2.75, 3.05) is 25.0 Å². The van der Waals surface area contributed by atoms with Crippen molar-refractivity contribution in [3.8, 4) is 0 Å². The van der Waals surface area contributed by atoms with Crippen LogP contribution in [0.1, 0.15) is 73.1 Å². The van der Waals surface area contributed by atoms with E-state index in [1.807, 2.05) is 6.92 Å². The molecule has 3 atom stereocenters. The van der Waals surface area contributed by atoms with Crippen LogP contribution in [0.4, 0.5) is 0 Å². The summed E-state index contributed by atoms with van der Waals surface area (Å²) in [5, 5.41) is 0. The Morgan fingerprint density at radius 3 is 1.97 bits per heavy atom. The summed E-state index contributed by atoms with van der Waals surface area (Å²) in [6.07, 6.45) is 1.57. The lowest BCUT2D eigenvalue weighted by atomic mass is 9.80. The molecule has 1 amide bonds. The van der Waals surface area contributed by atoms with Gasteiger partial charge in [0.1, 0.15) is 5.78 Å². The fourth-order valence-electron chi connectivity index (χ4n) is 3.87. The summed E-state index contributed by atoms with van der Waals surface area (Å²) in [6, 6.07) is 0. The van der Waals surface area contributed by atoms with Crippen LogP contribution in [0.5, 0.6) is 0 Å². The molecule has 0 aliphatic heterocycles. The molecule has 0 aromatic carbocycles. The van der Waals surface area contributed by atoms with Crippen molar-refractivity contribution in [1.82, 2.24) is 4.90 Å². The van der Waals surface area contributed by atoms with E-state index in [1.54, 1.807) is 27.7 Å². The van der Waals surface area contributed by atoms with Crippen LogP contribution in [0.2, 0.25) is 0 Å². The molecule has 35 heavy (non-hydrogen) atoms. The first-order chi connectivity index (χ1) is 15.8. The number of unbranched alkanes of at least 4 members (excludes halogenated alkanes) is 1. The molecule has 0 bridgehead atoms. The molecule has 4 N–H and O–H groups in total. The molecule has 0 saturated heterocycles. The number of ketones is 1. The zero-order valence-electron chi connectivity index (χ0n) is 21.1. The average Bonchev–Trinajstić information content (AvgIpc) is 2.64. The summed E-state index contributed by atoms with van der Waals surface area (Å²) in [6.45, 7) is 8.58. The zero-order valence-corrected chi connectivity index (χ0v) is 23.7. The number of carbonyl (C=O) groups is 2. The largest absolute Gasteiger partial charge is 0.476 e. The summed E-state index contributed by atoms with van der Waals surface area (Å²) in [4.78, 5) is 54.9. The third-order valence-electron chi connectivity index (χ3n) is 5.56. The Balaban J connectivity index is 5.49. The van der Waals surface area contributed by atoms with Gasteiger partial charge in [0.05, 0.1) is 11.9 Å². The fourth-order valence-corrected chi connectivity index (χ4v) is 7.11. The van der Waals surface area contributed by atoms with E-state index in [1.165, 1.54) is 4.90 Å². The molecule has 0 aromatic heterocycles. The molecule has 0 saturated carbocycles. The number of nitrogens with zero attached hydrogens (tertiary/aromatic N) is 1. The molecule has 0 fully saturated rings. The van der Waals surface area contributed by atoms with Gasteiger partial charge < -0.3 is 19.6 Å². The molecular weight excluding hydrogens is 524 g/mol. The lowest BCUT2D eigenvalue weighted by molar-refractivity contribution is -0.136. The number of carbonyl (C=O) groups excluding carboxylic acids is 2.